The van der Waals surface area contributed by atoms with Gasteiger partial charge >= 0.3 is 0 Å². The largest absolute Gasteiger partial charge is 0.507 e. The monoisotopic (exact) mass is 249 g/mol. The highest BCUT2D eigenvalue weighted by Gasteiger charge is 2.00. The van der Waals surface area contributed by atoms with Crippen molar-refractivity contribution in [2.75, 3.05) is 13.7 Å². The Kier molecular flexibility index (Phi) is 5.77. The average molecular weight is 249 g/mol. The predicted octanol–water partition coefficient (Wildman–Crippen LogP) is 2.33. The van der Waals surface area contributed by atoms with Gasteiger partial charge in [-0.3, -0.25) is 4.79 Å². The Morgan fingerprint density at radius 3 is 2.89 bits per heavy atom. The van der Waals surface area contributed by atoms with Crippen molar-refractivity contribution in [1.82, 2.24) is 5.32 Å². The SMILES string of the molecule is CCCCNC(=O)/C=C/c1ccc(OC)cc1O. The maximum Gasteiger partial charge on any atom is 0.244 e. The lowest BCUT2D eigenvalue weighted by Crippen LogP contribution is -2.21. The standard InChI is InChI=1S/C14H19NO3/c1-3-4-9-15-14(17)8-6-11-5-7-12(18-2)10-13(11)16/h5-8,10,16H,3-4,9H2,1-2H3,(H,15,17)/b8-6+. The zero-order valence-electron chi connectivity index (χ0n) is 10.8. The fourth-order valence-electron chi connectivity index (χ4n) is 1.40. The highest BCUT2D eigenvalue weighted by Crippen LogP contribution is 2.24. The number of nitrogens with one attached hydrogen (secondary N) is 1. The summed E-state index contributed by atoms with van der Waals surface area (Å²) in [6.07, 6.45) is 5.00. The van der Waals surface area contributed by atoms with E-state index >= 15 is 0 Å². The van der Waals surface area contributed by atoms with E-state index in [9.17, 15) is 9.90 Å². The van der Waals surface area contributed by atoms with Crippen molar-refractivity contribution in [3.05, 3.63) is 29.8 Å². The lowest BCUT2D eigenvalue weighted by molar-refractivity contribution is -0.116. The molecule has 0 saturated carbocycles. The maximum atomic E-state index is 11.4. The van der Waals surface area contributed by atoms with Gasteiger partial charge < -0.3 is 15.2 Å². The number of carbonyl (C=O) groups excluding carboxylic acids is 1. The van der Waals surface area contributed by atoms with Crippen molar-refractivity contribution in [1.29, 1.82) is 0 Å². The molecule has 4 heteroatoms. The third kappa shape index (κ3) is 4.49. The number of rotatable bonds is 6. The number of hydrogen-bond donors (Lipinski definition) is 2. The van der Waals surface area contributed by atoms with Gasteiger partial charge in [-0.15, -0.1) is 0 Å². The number of hydrogen-bond acceptors (Lipinski definition) is 3. The normalized spacial score (nSPS) is 10.6. The van der Waals surface area contributed by atoms with Crippen LogP contribution in [0.3, 0.4) is 0 Å². The zero-order valence-corrected chi connectivity index (χ0v) is 10.8. The third-order valence-corrected chi connectivity index (χ3v) is 2.48. The minimum Gasteiger partial charge on any atom is -0.507 e. The number of aromatic hydroxyl groups is 1. The molecule has 0 aliphatic heterocycles. The smallest absolute Gasteiger partial charge is 0.244 e. The number of phenolic OH excluding ortho intramolecular Hbond substituents is 1. The molecule has 1 aromatic carbocycles. The molecule has 0 bridgehead atoms. The summed E-state index contributed by atoms with van der Waals surface area (Å²) in [5, 5.41) is 12.5. The number of ether oxygens (including phenoxy) is 1. The van der Waals surface area contributed by atoms with Crippen LogP contribution in [0.4, 0.5) is 0 Å². The van der Waals surface area contributed by atoms with Crippen LogP contribution in [0.15, 0.2) is 24.3 Å². The van der Waals surface area contributed by atoms with Gasteiger partial charge in [0.2, 0.25) is 5.91 Å². The Balaban J connectivity index is 2.58. The molecule has 0 radical (unpaired) electrons. The molecule has 1 rings (SSSR count). The van der Waals surface area contributed by atoms with E-state index in [-0.39, 0.29) is 11.7 Å². The Bertz CT molecular complexity index is 427. The van der Waals surface area contributed by atoms with E-state index in [1.54, 1.807) is 18.2 Å². The molecular weight excluding hydrogens is 230 g/mol. The Morgan fingerprint density at radius 1 is 1.50 bits per heavy atom. The lowest BCUT2D eigenvalue weighted by atomic mass is 10.1. The first kappa shape index (κ1) is 14.1. The molecular formula is C14H19NO3. The summed E-state index contributed by atoms with van der Waals surface area (Å²) < 4.78 is 4.98. The quantitative estimate of drug-likeness (QED) is 0.601. The Hall–Kier alpha value is -1.97. The van der Waals surface area contributed by atoms with Crippen LogP contribution < -0.4 is 10.1 Å². The van der Waals surface area contributed by atoms with E-state index in [0.29, 0.717) is 17.9 Å². The molecule has 4 nitrogen and oxygen atoms in total. The first-order valence-electron chi connectivity index (χ1n) is 6.00. The molecule has 0 saturated heterocycles. The van der Waals surface area contributed by atoms with Crippen LogP contribution in [0.5, 0.6) is 11.5 Å². The van der Waals surface area contributed by atoms with Crippen LogP contribution in [0, 0.1) is 0 Å². The van der Waals surface area contributed by atoms with Crippen LogP contribution in [0.2, 0.25) is 0 Å². The second kappa shape index (κ2) is 7.37. The number of phenols is 1. The van der Waals surface area contributed by atoms with Crippen molar-refractivity contribution in [2.45, 2.75) is 19.8 Å². The van der Waals surface area contributed by atoms with Gasteiger partial charge in [-0.2, -0.15) is 0 Å². The van der Waals surface area contributed by atoms with Crippen molar-refractivity contribution in [3.8, 4) is 11.5 Å². The van der Waals surface area contributed by atoms with Crippen molar-refractivity contribution < 1.29 is 14.6 Å². The lowest BCUT2D eigenvalue weighted by Gasteiger charge is -2.03. The van der Waals surface area contributed by atoms with Crippen molar-refractivity contribution >= 4 is 12.0 Å². The van der Waals surface area contributed by atoms with Gasteiger partial charge in [0.05, 0.1) is 7.11 Å². The molecule has 98 valence electrons. The topological polar surface area (TPSA) is 58.6 Å². The molecule has 0 aliphatic rings. The van der Waals surface area contributed by atoms with E-state index in [1.165, 1.54) is 19.3 Å². The number of unbranched alkanes of at least 4 members (excludes halogenated alkanes) is 1. The highest BCUT2D eigenvalue weighted by atomic mass is 16.5. The Labute approximate surface area is 107 Å². The minimum absolute atomic E-state index is 0.0898. The number of amides is 1. The van der Waals surface area contributed by atoms with Gasteiger partial charge in [-0.25, -0.2) is 0 Å². The summed E-state index contributed by atoms with van der Waals surface area (Å²) in [5.74, 6) is 0.516. The molecule has 18 heavy (non-hydrogen) atoms. The highest BCUT2D eigenvalue weighted by molar-refractivity contribution is 5.92. The summed E-state index contributed by atoms with van der Waals surface area (Å²) in [5.41, 5.74) is 0.585. The molecule has 0 aromatic heterocycles. The number of benzene rings is 1. The van der Waals surface area contributed by atoms with Crippen molar-refractivity contribution in [2.24, 2.45) is 0 Å². The first-order chi connectivity index (χ1) is 8.67. The van der Waals surface area contributed by atoms with Crippen LogP contribution in [-0.4, -0.2) is 24.7 Å². The third-order valence-electron chi connectivity index (χ3n) is 2.48. The Morgan fingerprint density at radius 2 is 2.28 bits per heavy atom. The van der Waals surface area contributed by atoms with Gasteiger partial charge in [-0.05, 0) is 24.6 Å². The molecule has 0 aliphatic carbocycles. The molecule has 1 aromatic rings. The minimum atomic E-state index is -0.154. The predicted molar refractivity (Wildman–Crippen MR) is 71.6 cm³/mol. The van der Waals surface area contributed by atoms with Crippen LogP contribution in [-0.2, 0) is 4.79 Å². The molecule has 2 N–H and O–H groups in total. The summed E-state index contributed by atoms with van der Waals surface area (Å²) in [6, 6.07) is 4.94. The van der Waals surface area contributed by atoms with Gasteiger partial charge in [0.1, 0.15) is 11.5 Å². The fraction of sp³-hybridized carbons (Fsp3) is 0.357. The molecule has 0 unspecified atom stereocenters. The summed E-state index contributed by atoms with van der Waals surface area (Å²) >= 11 is 0. The molecule has 0 atom stereocenters. The summed E-state index contributed by atoms with van der Waals surface area (Å²) in [7, 11) is 1.53. The average Bonchev–Trinajstić information content (AvgIpc) is 2.37. The molecule has 1 amide bonds. The fourth-order valence-corrected chi connectivity index (χ4v) is 1.40. The summed E-state index contributed by atoms with van der Waals surface area (Å²) in [6.45, 7) is 2.74. The second-order valence-corrected chi connectivity index (χ2v) is 3.90. The van der Waals surface area contributed by atoms with E-state index in [1.807, 2.05) is 0 Å². The van der Waals surface area contributed by atoms with Crippen molar-refractivity contribution in [3.63, 3.8) is 0 Å². The van der Waals surface area contributed by atoms with Crippen LogP contribution in [0.25, 0.3) is 6.08 Å². The van der Waals surface area contributed by atoms with E-state index in [4.69, 9.17) is 4.74 Å². The van der Waals surface area contributed by atoms with Gasteiger partial charge in [-0.1, -0.05) is 13.3 Å². The van der Waals surface area contributed by atoms with Gasteiger partial charge in [0, 0.05) is 24.3 Å². The zero-order chi connectivity index (χ0) is 13.4. The van der Waals surface area contributed by atoms with Gasteiger partial charge in [0.15, 0.2) is 0 Å². The molecule has 0 spiro atoms. The summed E-state index contributed by atoms with van der Waals surface area (Å²) in [4.78, 5) is 11.4. The van der Waals surface area contributed by atoms with E-state index in [2.05, 4.69) is 12.2 Å². The van der Waals surface area contributed by atoms with Crippen LogP contribution in [0.1, 0.15) is 25.3 Å². The first-order valence-corrected chi connectivity index (χ1v) is 6.00. The molecule has 0 heterocycles. The molecule has 0 fully saturated rings. The second-order valence-electron chi connectivity index (χ2n) is 3.90. The van der Waals surface area contributed by atoms with E-state index < -0.39 is 0 Å². The van der Waals surface area contributed by atoms with Crippen LogP contribution >= 0.6 is 0 Å². The van der Waals surface area contributed by atoms with E-state index in [0.717, 1.165) is 12.8 Å². The van der Waals surface area contributed by atoms with Gasteiger partial charge in [0.25, 0.3) is 0 Å². The number of carbonyl (C=O) groups is 1. The number of methoxy groups -OCH3 is 1. The maximum absolute atomic E-state index is 11.4.